The second-order valence-electron chi connectivity index (χ2n) is 5.75. The number of guanidine groups is 1. The van der Waals surface area contributed by atoms with E-state index in [0.717, 1.165) is 18.5 Å². The fourth-order valence-corrected chi connectivity index (χ4v) is 3.17. The molecule has 2 aromatic rings. The molecule has 4 rings (SSSR count). The Hall–Kier alpha value is -2.61. The molecule has 8 nitrogen and oxygen atoms in total. The normalized spacial score (nSPS) is 20.5. The minimum absolute atomic E-state index is 0.0829. The van der Waals surface area contributed by atoms with Gasteiger partial charge in [-0.1, -0.05) is 16.8 Å². The maximum absolute atomic E-state index is 12.4. The Labute approximate surface area is 142 Å². The van der Waals surface area contributed by atoms with Gasteiger partial charge in [-0.25, -0.2) is 4.99 Å². The maximum atomic E-state index is 12.4. The number of carbonyl (C=O) groups is 1. The highest BCUT2D eigenvalue weighted by Crippen LogP contribution is 2.37. The molecule has 1 aliphatic heterocycles. The molecule has 0 bridgehead atoms. The predicted molar refractivity (Wildman–Crippen MR) is 87.7 cm³/mol. The van der Waals surface area contributed by atoms with Crippen LogP contribution < -0.4 is 10.6 Å². The number of ketones is 1. The van der Waals surface area contributed by atoms with E-state index in [1.54, 1.807) is 6.07 Å². The van der Waals surface area contributed by atoms with Gasteiger partial charge in [0.2, 0.25) is 5.96 Å². The van der Waals surface area contributed by atoms with Gasteiger partial charge in [0.15, 0.2) is 11.6 Å². The van der Waals surface area contributed by atoms with E-state index < -0.39 is 6.04 Å². The minimum Gasteiger partial charge on any atom is -0.360 e. The van der Waals surface area contributed by atoms with Crippen LogP contribution >= 0.6 is 11.6 Å². The summed E-state index contributed by atoms with van der Waals surface area (Å²) >= 11 is 6.20. The molecule has 0 radical (unpaired) electrons. The van der Waals surface area contributed by atoms with Crippen LogP contribution in [0.1, 0.15) is 36.8 Å². The number of Topliss-reactive ketones (excluding diaryl/α,β-unsaturated/α-hetero) is 1. The molecule has 0 spiro atoms. The number of halogens is 1. The fraction of sp³-hybridized carbons (Fsp3) is 0.333. The number of H-pyrrole nitrogens is 1. The van der Waals surface area contributed by atoms with Gasteiger partial charge in [0.1, 0.15) is 11.8 Å². The highest BCUT2D eigenvalue weighted by molar-refractivity contribution is 6.31. The Balaban J connectivity index is 1.73. The summed E-state index contributed by atoms with van der Waals surface area (Å²) < 4.78 is 5.05. The van der Waals surface area contributed by atoms with Crippen molar-refractivity contribution in [3.8, 4) is 0 Å². The quantitative estimate of drug-likeness (QED) is 0.771. The molecule has 9 heteroatoms. The highest BCUT2D eigenvalue weighted by Gasteiger charge is 2.34. The number of nitrogens with zero attached hydrogens (tertiary/aromatic N) is 3. The van der Waals surface area contributed by atoms with Crippen molar-refractivity contribution in [2.45, 2.75) is 32.2 Å². The SMILES string of the molecule is Cc1cc(NC2=NC(c3[nH]ncc3Cl)C3=C(CCCC3=O)N2)no1. The van der Waals surface area contributed by atoms with Crippen LogP contribution in [0, 0.1) is 6.92 Å². The first-order valence-electron chi connectivity index (χ1n) is 7.62. The number of carbonyl (C=O) groups excluding carboxylic acids is 1. The lowest BCUT2D eigenvalue weighted by molar-refractivity contribution is -0.116. The molecule has 3 heterocycles. The monoisotopic (exact) mass is 346 g/mol. The minimum atomic E-state index is -0.514. The second-order valence-corrected chi connectivity index (χ2v) is 6.16. The van der Waals surface area contributed by atoms with Crippen LogP contribution in [0.25, 0.3) is 0 Å². The van der Waals surface area contributed by atoms with Gasteiger partial charge >= 0.3 is 0 Å². The van der Waals surface area contributed by atoms with E-state index in [0.29, 0.717) is 40.2 Å². The van der Waals surface area contributed by atoms with E-state index >= 15 is 0 Å². The van der Waals surface area contributed by atoms with Crippen molar-refractivity contribution in [3.63, 3.8) is 0 Å². The fourth-order valence-electron chi connectivity index (χ4n) is 2.97. The largest absolute Gasteiger partial charge is 0.360 e. The standard InChI is InChI=1S/C15H15ClN6O2/c1-7-5-11(22-24-7)19-15-18-9-3-2-4-10(23)12(9)14(20-15)13-8(16)6-17-21-13/h5-6,14H,2-4H2,1H3,(H,17,21)(H2,18,19,20,22). The number of hydrogen-bond acceptors (Lipinski definition) is 7. The zero-order valence-corrected chi connectivity index (χ0v) is 13.6. The summed E-state index contributed by atoms with van der Waals surface area (Å²) in [6.45, 7) is 1.81. The van der Waals surface area contributed by atoms with Gasteiger partial charge in [-0.05, 0) is 19.8 Å². The number of aryl methyl sites for hydroxylation is 1. The maximum Gasteiger partial charge on any atom is 0.202 e. The smallest absolute Gasteiger partial charge is 0.202 e. The summed E-state index contributed by atoms with van der Waals surface area (Å²) in [6, 6.07) is 1.25. The zero-order chi connectivity index (χ0) is 16.7. The molecule has 24 heavy (non-hydrogen) atoms. The average molecular weight is 347 g/mol. The van der Waals surface area contributed by atoms with Crippen molar-refractivity contribution in [1.82, 2.24) is 20.7 Å². The van der Waals surface area contributed by atoms with Crippen LogP contribution in [-0.4, -0.2) is 27.1 Å². The molecule has 124 valence electrons. The molecule has 3 N–H and O–H groups in total. The Morgan fingerprint density at radius 3 is 3.00 bits per heavy atom. The van der Waals surface area contributed by atoms with Gasteiger partial charge in [0.05, 0.1) is 16.9 Å². The van der Waals surface area contributed by atoms with Crippen LogP contribution in [-0.2, 0) is 4.79 Å². The van der Waals surface area contributed by atoms with Gasteiger partial charge in [-0.15, -0.1) is 0 Å². The van der Waals surface area contributed by atoms with E-state index in [9.17, 15) is 4.79 Å². The number of aromatic amines is 1. The number of hydrogen-bond donors (Lipinski definition) is 3. The van der Waals surface area contributed by atoms with Gasteiger partial charge in [-0.3, -0.25) is 9.89 Å². The summed E-state index contributed by atoms with van der Waals surface area (Å²) in [6.07, 6.45) is 3.62. The van der Waals surface area contributed by atoms with Gasteiger partial charge < -0.3 is 15.2 Å². The Morgan fingerprint density at radius 2 is 2.29 bits per heavy atom. The Morgan fingerprint density at radius 1 is 1.42 bits per heavy atom. The van der Waals surface area contributed by atoms with Gasteiger partial charge in [-0.2, -0.15) is 5.10 Å². The van der Waals surface area contributed by atoms with Gasteiger partial charge in [0, 0.05) is 23.8 Å². The van der Waals surface area contributed by atoms with Gasteiger partial charge in [0.25, 0.3) is 0 Å². The molecular weight excluding hydrogens is 332 g/mol. The van der Waals surface area contributed by atoms with Crippen molar-refractivity contribution in [3.05, 3.63) is 40.0 Å². The molecule has 0 saturated heterocycles. The molecule has 2 aliphatic rings. The molecule has 1 aliphatic carbocycles. The summed E-state index contributed by atoms with van der Waals surface area (Å²) in [5, 5.41) is 17.4. The van der Waals surface area contributed by atoms with Crippen molar-refractivity contribution in [2.24, 2.45) is 4.99 Å². The topological polar surface area (TPSA) is 108 Å². The van der Waals surface area contributed by atoms with E-state index in [1.807, 2.05) is 6.92 Å². The number of anilines is 1. The van der Waals surface area contributed by atoms with Crippen LogP contribution in [0.15, 0.2) is 33.0 Å². The average Bonchev–Trinajstić information content (AvgIpc) is 3.15. The molecule has 1 unspecified atom stereocenters. The Kier molecular flexibility index (Phi) is 3.61. The predicted octanol–water partition coefficient (Wildman–Crippen LogP) is 2.48. The first-order valence-corrected chi connectivity index (χ1v) is 8.00. The number of rotatable bonds is 2. The third kappa shape index (κ3) is 2.58. The lowest BCUT2D eigenvalue weighted by Gasteiger charge is -2.29. The van der Waals surface area contributed by atoms with Crippen molar-refractivity contribution >= 4 is 29.2 Å². The first-order chi connectivity index (χ1) is 11.6. The van der Waals surface area contributed by atoms with E-state index in [1.165, 1.54) is 6.20 Å². The van der Waals surface area contributed by atoms with Crippen LogP contribution in [0.3, 0.4) is 0 Å². The number of nitrogens with one attached hydrogen (secondary N) is 3. The number of allylic oxidation sites excluding steroid dienone is 1. The van der Waals surface area contributed by atoms with E-state index in [-0.39, 0.29) is 5.78 Å². The first kappa shape index (κ1) is 14.9. The third-order valence-electron chi connectivity index (χ3n) is 4.03. The molecular formula is C15H15ClN6O2. The van der Waals surface area contributed by atoms with Crippen LogP contribution in [0.4, 0.5) is 5.82 Å². The lowest BCUT2D eigenvalue weighted by Crippen LogP contribution is -2.38. The van der Waals surface area contributed by atoms with Crippen LogP contribution in [0.5, 0.6) is 0 Å². The zero-order valence-electron chi connectivity index (χ0n) is 12.9. The summed E-state index contributed by atoms with van der Waals surface area (Å²) in [7, 11) is 0. The van der Waals surface area contributed by atoms with Crippen molar-refractivity contribution < 1.29 is 9.32 Å². The summed E-state index contributed by atoms with van der Waals surface area (Å²) in [4.78, 5) is 17.0. The molecule has 2 aromatic heterocycles. The van der Waals surface area contributed by atoms with Crippen molar-refractivity contribution in [1.29, 1.82) is 0 Å². The van der Waals surface area contributed by atoms with E-state index in [2.05, 4.69) is 31.0 Å². The molecule has 1 atom stereocenters. The summed E-state index contributed by atoms with van der Waals surface area (Å²) in [5.74, 6) is 1.81. The van der Waals surface area contributed by atoms with Crippen LogP contribution in [0.2, 0.25) is 5.02 Å². The molecule has 0 fully saturated rings. The molecule has 0 aromatic carbocycles. The third-order valence-corrected chi connectivity index (χ3v) is 4.33. The number of aromatic nitrogens is 3. The van der Waals surface area contributed by atoms with Crippen molar-refractivity contribution in [2.75, 3.05) is 5.32 Å². The second kappa shape index (κ2) is 5.79. The summed E-state index contributed by atoms with van der Waals surface area (Å²) in [5.41, 5.74) is 2.12. The van der Waals surface area contributed by atoms with E-state index in [4.69, 9.17) is 16.1 Å². The Bertz CT molecular complexity index is 865. The number of aliphatic imine (C=N–C) groups is 1. The molecule has 0 saturated carbocycles. The molecule has 0 amide bonds. The lowest BCUT2D eigenvalue weighted by atomic mass is 9.88. The highest BCUT2D eigenvalue weighted by atomic mass is 35.5.